The Labute approximate surface area is 83.3 Å². The first-order valence-electron chi connectivity index (χ1n) is 4.51. The Morgan fingerprint density at radius 3 is 2.71 bits per heavy atom. The molecule has 5 nitrogen and oxygen atoms in total. The molecular weight excluding hydrogens is 182 g/mol. The number of carbonyl (C=O) groups is 2. The van der Waals surface area contributed by atoms with Crippen LogP contribution in [0.25, 0.3) is 0 Å². The molecule has 0 heterocycles. The van der Waals surface area contributed by atoms with Gasteiger partial charge in [0.25, 0.3) is 0 Å². The molecule has 0 fully saturated rings. The molecule has 1 atom stereocenters. The zero-order valence-corrected chi connectivity index (χ0v) is 8.25. The van der Waals surface area contributed by atoms with Gasteiger partial charge in [-0.15, -0.1) is 0 Å². The molecule has 5 heteroatoms. The zero-order valence-electron chi connectivity index (χ0n) is 8.25. The summed E-state index contributed by atoms with van der Waals surface area (Å²) in [4.78, 5) is 21.3. The van der Waals surface area contributed by atoms with Gasteiger partial charge in [0, 0.05) is 12.5 Å². The fraction of sp³-hybridized carbons (Fsp3) is 0.667. The second kappa shape index (κ2) is 6.89. The average Bonchev–Trinajstić information content (AvgIpc) is 2.03. The lowest BCUT2D eigenvalue weighted by molar-refractivity contribution is -0.120. The molecule has 0 aliphatic carbocycles. The quantitative estimate of drug-likeness (QED) is 0.630. The van der Waals surface area contributed by atoms with Crippen LogP contribution in [-0.4, -0.2) is 17.9 Å². The highest BCUT2D eigenvalue weighted by Crippen LogP contribution is 1.99. The van der Waals surface area contributed by atoms with Crippen LogP contribution in [0.15, 0.2) is 0 Å². The minimum atomic E-state index is -0.333. The van der Waals surface area contributed by atoms with Crippen LogP contribution in [0.5, 0.6) is 0 Å². The summed E-state index contributed by atoms with van der Waals surface area (Å²) in [6, 6.07) is 1.74. The lowest BCUT2D eigenvalue weighted by Crippen LogP contribution is -2.32. The molecule has 78 valence electrons. The molecule has 0 rings (SSSR count). The van der Waals surface area contributed by atoms with Crippen LogP contribution in [0.3, 0.4) is 0 Å². The monoisotopic (exact) mass is 197 g/mol. The number of amides is 2. The van der Waals surface area contributed by atoms with Gasteiger partial charge in [-0.2, -0.15) is 5.26 Å². The molecular formula is C9H15N3O2. The van der Waals surface area contributed by atoms with Gasteiger partial charge in [-0.05, 0) is 19.8 Å². The van der Waals surface area contributed by atoms with Gasteiger partial charge >= 0.3 is 0 Å². The molecule has 0 spiro atoms. The van der Waals surface area contributed by atoms with Crippen LogP contribution in [0.2, 0.25) is 0 Å². The van der Waals surface area contributed by atoms with E-state index in [0.29, 0.717) is 19.3 Å². The molecule has 0 radical (unpaired) electrons. The molecule has 0 saturated heterocycles. The van der Waals surface area contributed by atoms with Gasteiger partial charge in [0.05, 0.1) is 6.07 Å². The van der Waals surface area contributed by atoms with E-state index < -0.39 is 0 Å². The average molecular weight is 197 g/mol. The second-order valence-electron chi connectivity index (χ2n) is 3.16. The summed E-state index contributed by atoms with van der Waals surface area (Å²) in [6.45, 7) is 1.83. The predicted octanol–water partition coefficient (Wildman–Crippen LogP) is 0.0604. The van der Waals surface area contributed by atoms with Crippen LogP contribution in [0, 0.1) is 11.3 Å². The maximum atomic E-state index is 10.9. The first-order valence-corrected chi connectivity index (χ1v) is 4.51. The van der Waals surface area contributed by atoms with Gasteiger partial charge in [-0.3, -0.25) is 9.59 Å². The normalized spacial score (nSPS) is 11.4. The number of rotatable bonds is 6. The van der Waals surface area contributed by atoms with Crippen LogP contribution in [0.4, 0.5) is 0 Å². The van der Waals surface area contributed by atoms with E-state index in [1.54, 1.807) is 6.07 Å². The highest BCUT2D eigenvalue weighted by Gasteiger charge is 2.06. The summed E-state index contributed by atoms with van der Waals surface area (Å²) in [6.07, 6.45) is 1.56. The summed E-state index contributed by atoms with van der Waals surface area (Å²) in [5, 5.41) is 10.9. The Balaban J connectivity index is 3.55. The third-order valence-corrected chi connectivity index (χ3v) is 1.71. The molecule has 0 aliphatic rings. The topological polar surface area (TPSA) is 96.0 Å². The minimum Gasteiger partial charge on any atom is -0.370 e. The largest absolute Gasteiger partial charge is 0.370 e. The molecule has 0 saturated carbocycles. The van der Waals surface area contributed by atoms with Crippen molar-refractivity contribution in [2.45, 2.75) is 38.6 Å². The third kappa shape index (κ3) is 7.10. The first-order chi connectivity index (χ1) is 6.56. The van der Waals surface area contributed by atoms with Crippen LogP contribution in [0.1, 0.15) is 32.6 Å². The van der Waals surface area contributed by atoms with Crippen LogP contribution < -0.4 is 11.1 Å². The van der Waals surface area contributed by atoms with E-state index in [0.717, 1.165) is 0 Å². The summed E-state index contributed by atoms with van der Waals surface area (Å²) in [5.74, 6) is -0.611. The highest BCUT2D eigenvalue weighted by atomic mass is 16.1. The van der Waals surface area contributed by atoms with Crippen molar-refractivity contribution in [3.8, 4) is 6.07 Å². The summed E-state index contributed by atoms with van der Waals surface area (Å²) >= 11 is 0. The maximum Gasteiger partial charge on any atom is 0.234 e. The standard InChI is InChI=1S/C9H15N3O2/c1-7(3-2-4-8(11)13)12-9(14)5-6-10/h7H,2-5H2,1H3,(H2,11,13)(H,12,14). The summed E-state index contributed by atoms with van der Waals surface area (Å²) in [7, 11) is 0. The lowest BCUT2D eigenvalue weighted by Gasteiger charge is -2.11. The van der Waals surface area contributed by atoms with Crippen LogP contribution in [-0.2, 0) is 9.59 Å². The summed E-state index contributed by atoms with van der Waals surface area (Å²) < 4.78 is 0. The van der Waals surface area contributed by atoms with Crippen molar-refractivity contribution in [2.75, 3.05) is 0 Å². The SMILES string of the molecule is CC(CCCC(N)=O)NC(=O)CC#N. The lowest BCUT2D eigenvalue weighted by atomic mass is 10.1. The van der Waals surface area contributed by atoms with E-state index >= 15 is 0 Å². The van der Waals surface area contributed by atoms with Gasteiger partial charge in [0.2, 0.25) is 11.8 Å². The number of nitrogens with one attached hydrogen (secondary N) is 1. The van der Waals surface area contributed by atoms with E-state index in [1.165, 1.54) is 0 Å². The number of primary amides is 1. The molecule has 2 amide bonds. The fourth-order valence-corrected chi connectivity index (χ4v) is 1.05. The van der Waals surface area contributed by atoms with Gasteiger partial charge in [-0.1, -0.05) is 0 Å². The highest BCUT2D eigenvalue weighted by molar-refractivity contribution is 5.78. The van der Waals surface area contributed by atoms with Crippen molar-refractivity contribution in [1.82, 2.24) is 5.32 Å². The predicted molar refractivity (Wildman–Crippen MR) is 50.9 cm³/mol. The Kier molecular flexibility index (Phi) is 6.12. The number of nitrogens with zero attached hydrogens (tertiary/aromatic N) is 1. The maximum absolute atomic E-state index is 10.9. The Hall–Kier alpha value is -1.57. The molecule has 0 bridgehead atoms. The van der Waals surface area contributed by atoms with Crippen molar-refractivity contribution in [2.24, 2.45) is 5.73 Å². The molecule has 1 unspecified atom stereocenters. The van der Waals surface area contributed by atoms with Crippen molar-refractivity contribution >= 4 is 11.8 Å². The number of nitrogens with two attached hydrogens (primary N) is 1. The van der Waals surface area contributed by atoms with Crippen molar-refractivity contribution < 1.29 is 9.59 Å². The van der Waals surface area contributed by atoms with Crippen molar-refractivity contribution in [3.05, 3.63) is 0 Å². The van der Waals surface area contributed by atoms with Gasteiger partial charge in [0.1, 0.15) is 6.42 Å². The zero-order chi connectivity index (χ0) is 11.0. The van der Waals surface area contributed by atoms with E-state index in [-0.39, 0.29) is 24.3 Å². The fourth-order valence-electron chi connectivity index (χ4n) is 1.05. The number of carbonyl (C=O) groups excluding carboxylic acids is 2. The molecule has 0 aromatic heterocycles. The van der Waals surface area contributed by atoms with Crippen LogP contribution >= 0.6 is 0 Å². The van der Waals surface area contributed by atoms with Crippen molar-refractivity contribution in [1.29, 1.82) is 5.26 Å². The smallest absolute Gasteiger partial charge is 0.234 e. The Morgan fingerprint density at radius 2 is 2.21 bits per heavy atom. The summed E-state index contributed by atoms with van der Waals surface area (Å²) in [5.41, 5.74) is 4.96. The number of hydrogen-bond donors (Lipinski definition) is 2. The second-order valence-corrected chi connectivity index (χ2v) is 3.16. The molecule has 0 aromatic carbocycles. The molecule has 14 heavy (non-hydrogen) atoms. The number of hydrogen-bond acceptors (Lipinski definition) is 3. The third-order valence-electron chi connectivity index (χ3n) is 1.71. The Bertz CT molecular complexity index is 245. The van der Waals surface area contributed by atoms with E-state index in [9.17, 15) is 9.59 Å². The van der Waals surface area contributed by atoms with E-state index in [1.807, 2.05) is 6.92 Å². The first kappa shape index (κ1) is 12.4. The van der Waals surface area contributed by atoms with Gasteiger partial charge in [-0.25, -0.2) is 0 Å². The van der Waals surface area contributed by atoms with Gasteiger partial charge in [0.15, 0.2) is 0 Å². The van der Waals surface area contributed by atoms with E-state index in [2.05, 4.69) is 5.32 Å². The van der Waals surface area contributed by atoms with Gasteiger partial charge < -0.3 is 11.1 Å². The molecule has 0 aliphatic heterocycles. The molecule has 0 aromatic rings. The van der Waals surface area contributed by atoms with Crippen molar-refractivity contribution in [3.63, 3.8) is 0 Å². The Morgan fingerprint density at radius 1 is 1.57 bits per heavy atom. The van der Waals surface area contributed by atoms with E-state index in [4.69, 9.17) is 11.0 Å². The molecule has 3 N–H and O–H groups in total. The minimum absolute atomic E-state index is 0.0183. The number of nitriles is 1.